The van der Waals surface area contributed by atoms with Gasteiger partial charge in [-0.3, -0.25) is 14.3 Å². The van der Waals surface area contributed by atoms with Crippen LogP contribution >= 0.6 is 0 Å². The van der Waals surface area contributed by atoms with Crippen molar-refractivity contribution in [2.45, 2.75) is 39.0 Å². The van der Waals surface area contributed by atoms with E-state index in [0.29, 0.717) is 28.3 Å². The van der Waals surface area contributed by atoms with E-state index in [4.69, 9.17) is 4.74 Å². The normalized spacial score (nSPS) is 11.7. The van der Waals surface area contributed by atoms with Gasteiger partial charge >= 0.3 is 5.69 Å². The third-order valence-electron chi connectivity index (χ3n) is 6.38. The predicted octanol–water partition coefficient (Wildman–Crippen LogP) is 5.17. The highest BCUT2D eigenvalue weighted by molar-refractivity contribution is 5.83. The average Bonchev–Trinajstić information content (AvgIpc) is 3.42. The molecule has 5 aromatic rings. The number of benzene rings is 2. The van der Waals surface area contributed by atoms with E-state index in [0.717, 1.165) is 5.69 Å². The number of Topliss-reactive ketones (excluding diaryl/α,β-unsaturated/α-hetero) is 1. The molecule has 3 heterocycles. The SMILES string of the molecule is Cn1c(=O)[nH]c2nccc(Oc3ccc(CC(=O)Cc4cc(C(C)(C)C)nn4-c4cccc(F)c4)c(F)c3)c21. The maximum atomic E-state index is 15.0. The second kappa shape index (κ2) is 9.94. The quantitative estimate of drug-likeness (QED) is 0.313. The Hall–Kier alpha value is -4.60. The number of halogens is 2. The molecule has 0 saturated carbocycles. The number of H-pyrrole nitrogens is 1. The molecule has 0 saturated heterocycles. The van der Waals surface area contributed by atoms with E-state index in [1.807, 2.05) is 26.8 Å². The number of ketones is 1. The van der Waals surface area contributed by atoms with Crippen LogP contribution in [0.5, 0.6) is 11.5 Å². The number of pyridine rings is 1. The van der Waals surface area contributed by atoms with Gasteiger partial charge in [0.2, 0.25) is 0 Å². The molecular formula is C29H27F2N5O3. The van der Waals surface area contributed by atoms with Gasteiger partial charge in [0.25, 0.3) is 0 Å². The van der Waals surface area contributed by atoms with Gasteiger partial charge in [-0.1, -0.05) is 32.9 Å². The molecule has 8 nitrogen and oxygen atoms in total. The lowest BCUT2D eigenvalue weighted by molar-refractivity contribution is -0.117. The van der Waals surface area contributed by atoms with Crippen LogP contribution in [0.3, 0.4) is 0 Å². The molecule has 0 spiro atoms. The number of aromatic amines is 1. The fraction of sp³-hybridized carbons (Fsp3) is 0.241. The van der Waals surface area contributed by atoms with Crippen molar-refractivity contribution < 1.29 is 18.3 Å². The van der Waals surface area contributed by atoms with Crippen LogP contribution in [0, 0.1) is 11.6 Å². The number of nitrogens with zero attached hydrogens (tertiary/aromatic N) is 4. The zero-order chi connectivity index (χ0) is 27.9. The Morgan fingerprint density at radius 1 is 1.05 bits per heavy atom. The molecule has 0 amide bonds. The van der Waals surface area contributed by atoms with Gasteiger partial charge in [-0.2, -0.15) is 5.10 Å². The van der Waals surface area contributed by atoms with Gasteiger partial charge in [0.1, 0.15) is 28.7 Å². The highest BCUT2D eigenvalue weighted by atomic mass is 19.1. The first kappa shape index (κ1) is 26.0. The van der Waals surface area contributed by atoms with E-state index >= 15 is 4.39 Å². The largest absolute Gasteiger partial charge is 0.455 e. The number of aromatic nitrogens is 5. The van der Waals surface area contributed by atoms with Gasteiger partial charge in [0, 0.05) is 43.6 Å². The highest BCUT2D eigenvalue weighted by Gasteiger charge is 2.22. The molecule has 0 aliphatic heterocycles. The summed E-state index contributed by atoms with van der Waals surface area (Å²) < 4.78 is 37.7. The number of ether oxygens (including phenoxy) is 1. The summed E-state index contributed by atoms with van der Waals surface area (Å²) in [6, 6.07) is 13.7. The predicted molar refractivity (Wildman–Crippen MR) is 142 cm³/mol. The molecule has 0 unspecified atom stereocenters. The smallest absolute Gasteiger partial charge is 0.327 e. The Morgan fingerprint density at radius 2 is 1.85 bits per heavy atom. The van der Waals surface area contributed by atoms with Crippen molar-refractivity contribution in [2.75, 3.05) is 0 Å². The molecule has 5 rings (SSSR count). The topological polar surface area (TPSA) is 94.8 Å². The molecule has 3 aromatic heterocycles. The van der Waals surface area contributed by atoms with Crippen LogP contribution in [0.15, 0.2) is 65.6 Å². The minimum Gasteiger partial charge on any atom is -0.455 e. The molecular weight excluding hydrogens is 504 g/mol. The van der Waals surface area contributed by atoms with E-state index in [-0.39, 0.29) is 41.0 Å². The second-order valence-electron chi connectivity index (χ2n) is 10.4. The molecule has 0 bridgehead atoms. The van der Waals surface area contributed by atoms with Gasteiger partial charge < -0.3 is 4.74 Å². The molecule has 0 atom stereocenters. The summed E-state index contributed by atoms with van der Waals surface area (Å²) in [5.41, 5.74) is 2.25. The fourth-order valence-corrected chi connectivity index (χ4v) is 4.30. The highest BCUT2D eigenvalue weighted by Crippen LogP contribution is 2.29. The van der Waals surface area contributed by atoms with Gasteiger partial charge in [0.15, 0.2) is 11.4 Å². The third kappa shape index (κ3) is 5.36. The van der Waals surface area contributed by atoms with Crippen LogP contribution in [-0.4, -0.2) is 30.1 Å². The number of aryl methyl sites for hydroxylation is 1. The summed E-state index contributed by atoms with van der Waals surface area (Å²) in [6.45, 7) is 6.01. The monoisotopic (exact) mass is 531 g/mol. The summed E-state index contributed by atoms with van der Waals surface area (Å²) in [5, 5.41) is 4.63. The molecule has 0 aliphatic rings. The van der Waals surface area contributed by atoms with Crippen LogP contribution in [0.4, 0.5) is 8.78 Å². The lowest BCUT2D eigenvalue weighted by Gasteiger charge is -2.14. The maximum Gasteiger partial charge on any atom is 0.327 e. The van der Waals surface area contributed by atoms with Crippen LogP contribution in [0.2, 0.25) is 0 Å². The number of fused-ring (bicyclic) bond motifs is 1. The molecule has 200 valence electrons. The van der Waals surface area contributed by atoms with E-state index in [1.165, 1.54) is 35.0 Å². The first-order valence-corrected chi connectivity index (χ1v) is 12.4. The maximum absolute atomic E-state index is 15.0. The van der Waals surface area contributed by atoms with Crippen molar-refractivity contribution in [3.05, 3.63) is 99.9 Å². The number of rotatable bonds is 7. The third-order valence-corrected chi connectivity index (χ3v) is 6.38. The van der Waals surface area contributed by atoms with Crippen LogP contribution in [-0.2, 0) is 30.1 Å². The number of hydrogen-bond acceptors (Lipinski definition) is 5. The second-order valence-corrected chi connectivity index (χ2v) is 10.4. The standard InChI is InChI=1S/C29H27F2N5O3/c1-29(2,3)25-15-20(36(34-25)19-7-5-6-18(30)13-19)14-21(37)12-17-8-9-22(16-23(17)31)39-24-10-11-32-27-26(24)35(4)28(38)33-27/h5-11,13,15-16H,12,14H2,1-4H3,(H,32,33,38). The molecule has 1 N–H and O–H groups in total. The zero-order valence-corrected chi connectivity index (χ0v) is 22.0. The van der Waals surface area contributed by atoms with Crippen molar-refractivity contribution in [1.82, 2.24) is 24.3 Å². The fourth-order valence-electron chi connectivity index (χ4n) is 4.30. The summed E-state index contributed by atoms with van der Waals surface area (Å²) in [4.78, 5) is 31.7. The van der Waals surface area contributed by atoms with Crippen LogP contribution in [0.1, 0.15) is 37.7 Å². The number of hydrogen-bond donors (Lipinski definition) is 1. The van der Waals surface area contributed by atoms with E-state index in [9.17, 15) is 14.0 Å². The van der Waals surface area contributed by atoms with Crippen molar-refractivity contribution in [2.24, 2.45) is 7.05 Å². The zero-order valence-electron chi connectivity index (χ0n) is 22.0. The van der Waals surface area contributed by atoms with Gasteiger partial charge in [0.05, 0.1) is 17.1 Å². The summed E-state index contributed by atoms with van der Waals surface area (Å²) in [6.07, 6.45) is 1.33. The first-order chi connectivity index (χ1) is 18.5. The molecule has 2 aromatic carbocycles. The average molecular weight is 532 g/mol. The number of nitrogens with one attached hydrogen (secondary N) is 1. The Bertz CT molecular complexity index is 1760. The summed E-state index contributed by atoms with van der Waals surface area (Å²) in [5.74, 6) is -0.678. The number of imidazole rings is 1. The Labute approximate surface area is 222 Å². The van der Waals surface area contributed by atoms with Crippen LogP contribution in [0.25, 0.3) is 16.9 Å². The van der Waals surface area contributed by atoms with Crippen molar-refractivity contribution in [3.8, 4) is 17.2 Å². The Kier molecular flexibility index (Phi) is 6.63. The van der Waals surface area contributed by atoms with E-state index < -0.39 is 11.6 Å². The lowest BCUT2D eigenvalue weighted by Crippen LogP contribution is -2.13. The molecule has 10 heteroatoms. The molecule has 39 heavy (non-hydrogen) atoms. The van der Waals surface area contributed by atoms with Crippen LogP contribution < -0.4 is 10.4 Å². The molecule has 0 aliphatic carbocycles. The molecule has 0 fully saturated rings. The minimum atomic E-state index is -0.594. The van der Waals surface area contributed by atoms with Crippen molar-refractivity contribution in [1.29, 1.82) is 0 Å². The van der Waals surface area contributed by atoms with Crippen molar-refractivity contribution in [3.63, 3.8) is 0 Å². The lowest BCUT2D eigenvalue weighted by atomic mass is 9.92. The van der Waals surface area contributed by atoms with Gasteiger partial charge in [-0.25, -0.2) is 23.2 Å². The first-order valence-electron chi connectivity index (χ1n) is 12.4. The minimum absolute atomic E-state index is 0.00615. The number of carbonyl (C=O) groups excluding carboxylic acids is 1. The Morgan fingerprint density at radius 3 is 2.56 bits per heavy atom. The summed E-state index contributed by atoms with van der Waals surface area (Å²) >= 11 is 0. The Balaban J connectivity index is 1.36. The van der Waals surface area contributed by atoms with Gasteiger partial charge in [-0.15, -0.1) is 0 Å². The number of carbonyl (C=O) groups is 1. The van der Waals surface area contributed by atoms with Gasteiger partial charge in [-0.05, 0) is 35.9 Å². The van der Waals surface area contributed by atoms with Crippen molar-refractivity contribution >= 4 is 16.9 Å². The summed E-state index contributed by atoms with van der Waals surface area (Å²) in [7, 11) is 1.58. The van der Waals surface area contributed by atoms with E-state index in [2.05, 4.69) is 15.1 Å². The van der Waals surface area contributed by atoms with E-state index in [1.54, 1.807) is 36.0 Å². The molecule has 0 radical (unpaired) electrons.